The van der Waals surface area contributed by atoms with E-state index in [1.54, 1.807) is 0 Å². The van der Waals surface area contributed by atoms with Gasteiger partial charge in [0.2, 0.25) is 0 Å². The first-order valence-corrected chi connectivity index (χ1v) is 11.2. The van der Waals surface area contributed by atoms with Gasteiger partial charge in [0.1, 0.15) is 0 Å². The summed E-state index contributed by atoms with van der Waals surface area (Å²) < 4.78 is 0. The van der Waals surface area contributed by atoms with Gasteiger partial charge in [-0.15, -0.1) is 0 Å². The molecule has 2 unspecified atom stereocenters. The zero-order valence-corrected chi connectivity index (χ0v) is 15.5. The van der Waals surface area contributed by atoms with Crippen LogP contribution in [0.15, 0.2) is 47.5 Å². The molecule has 2 aromatic rings. The number of pyridine rings is 1. The summed E-state index contributed by atoms with van der Waals surface area (Å²) in [7, 11) is -0.759. The molecule has 2 heteroatoms. The molecule has 0 spiro atoms. The average molecular weight is 324 g/mol. The summed E-state index contributed by atoms with van der Waals surface area (Å²) >= 11 is 0. The standard InChI is InChI=1S/C21H25NS/c1-14-8-9-21(14,2)18-7-6-15-10-16-12-19(17(18)11-15)22-13-20(16)23(3,4)5/h6-9,11-14H,10H2,1-5H3. The van der Waals surface area contributed by atoms with Gasteiger partial charge in [-0.2, -0.15) is 0 Å². The number of aromatic nitrogens is 1. The van der Waals surface area contributed by atoms with Crippen molar-refractivity contribution in [3.05, 3.63) is 59.3 Å². The van der Waals surface area contributed by atoms with Gasteiger partial charge in [0, 0.05) is 22.1 Å². The first-order valence-electron chi connectivity index (χ1n) is 8.29. The van der Waals surface area contributed by atoms with E-state index in [4.69, 9.17) is 4.98 Å². The Hall–Kier alpha value is -1.54. The third kappa shape index (κ3) is 2.19. The molecule has 0 radical (unpaired) electrons. The number of allylic oxidation sites excluding steroid dienone is 2. The van der Waals surface area contributed by atoms with Crippen molar-refractivity contribution in [2.45, 2.75) is 30.6 Å². The molecule has 1 heterocycles. The summed E-state index contributed by atoms with van der Waals surface area (Å²) in [4.78, 5) is 6.32. The van der Waals surface area contributed by atoms with Crippen molar-refractivity contribution in [2.24, 2.45) is 5.92 Å². The summed E-state index contributed by atoms with van der Waals surface area (Å²) in [5, 5.41) is 0. The van der Waals surface area contributed by atoms with Crippen LogP contribution in [0.1, 0.15) is 30.5 Å². The van der Waals surface area contributed by atoms with E-state index in [0.29, 0.717) is 5.92 Å². The van der Waals surface area contributed by atoms with Crippen LogP contribution in [-0.2, 0) is 11.8 Å². The lowest BCUT2D eigenvalue weighted by Crippen LogP contribution is -2.34. The van der Waals surface area contributed by atoms with Crippen LogP contribution < -0.4 is 0 Å². The highest BCUT2D eigenvalue weighted by Gasteiger charge is 2.37. The molecule has 2 atom stereocenters. The normalized spacial score (nSPS) is 25.7. The zero-order valence-electron chi connectivity index (χ0n) is 14.7. The molecule has 0 amide bonds. The molecule has 0 saturated carbocycles. The van der Waals surface area contributed by atoms with E-state index in [1.807, 2.05) is 0 Å². The molecule has 0 aliphatic heterocycles. The second-order valence-electron chi connectivity index (χ2n) is 8.00. The van der Waals surface area contributed by atoms with Gasteiger partial charge in [-0.25, -0.2) is 10.0 Å². The third-order valence-corrected chi connectivity index (χ3v) is 7.31. The molecular weight excluding hydrogens is 298 g/mol. The van der Waals surface area contributed by atoms with Crippen molar-refractivity contribution >= 4 is 10.0 Å². The van der Waals surface area contributed by atoms with Crippen LogP contribution >= 0.6 is 10.0 Å². The van der Waals surface area contributed by atoms with Gasteiger partial charge in [-0.05, 0) is 59.9 Å². The maximum atomic E-state index is 4.86. The topological polar surface area (TPSA) is 12.9 Å². The monoisotopic (exact) mass is 323 g/mol. The summed E-state index contributed by atoms with van der Waals surface area (Å²) in [5.74, 6) is 0.589. The van der Waals surface area contributed by atoms with Gasteiger partial charge in [-0.3, -0.25) is 4.98 Å². The van der Waals surface area contributed by atoms with Crippen LogP contribution in [0.4, 0.5) is 0 Å². The molecule has 0 saturated heterocycles. The fourth-order valence-electron chi connectivity index (χ4n) is 3.84. The fraction of sp³-hybridized carbons (Fsp3) is 0.381. The molecule has 120 valence electrons. The molecule has 4 bridgehead atoms. The van der Waals surface area contributed by atoms with E-state index in [9.17, 15) is 0 Å². The number of hydrogen-bond acceptors (Lipinski definition) is 1. The predicted octanol–water partition coefficient (Wildman–Crippen LogP) is 5.17. The zero-order chi connectivity index (χ0) is 16.4. The minimum absolute atomic E-state index is 0.147. The molecule has 4 rings (SSSR count). The van der Waals surface area contributed by atoms with Gasteiger partial charge in [-0.1, -0.05) is 38.1 Å². The van der Waals surface area contributed by atoms with Crippen molar-refractivity contribution in [3.63, 3.8) is 0 Å². The van der Waals surface area contributed by atoms with Crippen LogP contribution in [0.2, 0.25) is 0 Å². The maximum absolute atomic E-state index is 4.86. The second-order valence-corrected chi connectivity index (χ2v) is 12.1. The molecule has 2 aliphatic rings. The Morgan fingerprint density at radius 2 is 1.96 bits per heavy atom. The van der Waals surface area contributed by atoms with Crippen molar-refractivity contribution in [1.29, 1.82) is 0 Å². The molecular formula is C21H25NS. The highest BCUT2D eigenvalue weighted by molar-refractivity contribution is 8.32. The van der Waals surface area contributed by atoms with E-state index >= 15 is 0 Å². The molecule has 1 nitrogen and oxygen atoms in total. The first kappa shape index (κ1) is 15.0. The van der Waals surface area contributed by atoms with Crippen molar-refractivity contribution in [1.82, 2.24) is 4.98 Å². The smallest absolute Gasteiger partial charge is 0.0708 e. The van der Waals surface area contributed by atoms with Crippen molar-refractivity contribution in [3.8, 4) is 11.3 Å². The van der Waals surface area contributed by atoms with E-state index in [1.165, 1.54) is 27.1 Å². The Morgan fingerprint density at radius 3 is 2.57 bits per heavy atom. The molecule has 1 aromatic carbocycles. The lowest BCUT2D eigenvalue weighted by molar-refractivity contribution is 0.412. The Morgan fingerprint density at radius 1 is 1.17 bits per heavy atom. The Labute approximate surface area is 141 Å². The Kier molecular flexibility index (Phi) is 3.09. The van der Waals surface area contributed by atoms with Crippen molar-refractivity contribution < 1.29 is 0 Å². The van der Waals surface area contributed by atoms with E-state index in [-0.39, 0.29) is 5.41 Å². The summed E-state index contributed by atoms with van der Waals surface area (Å²) in [6.07, 6.45) is 14.9. The fourth-order valence-corrected chi connectivity index (χ4v) is 5.12. The van der Waals surface area contributed by atoms with E-state index in [0.717, 1.165) is 12.1 Å². The largest absolute Gasteiger partial charge is 0.255 e. The predicted molar refractivity (Wildman–Crippen MR) is 102 cm³/mol. The highest BCUT2D eigenvalue weighted by atomic mass is 32.3. The number of hydrogen-bond donors (Lipinski definition) is 0. The van der Waals surface area contributed by atoms with Crippen LogP contribution in [0, 0.1) is 5.92 Å². The van der Waals surface area contributed by atoms with Gasteiger partial charge in [0.25, 0.3) is 0 Å². The summed E-state index contributed by atoms with van der Waals surface area (Å²) in [5.41, 5.74) is 6.93. The first-order chi connectivity index (χ1) is 10.8. The molecule has 0 fully saturated rings. The van der Waals surface area contributed by atoms with E-state index < -0.39 is 10.0 Å². The van der Waals surface area contributed by atoms with Gasteiger partial charge in [0.05, 0.1) is 5.69 Å². The van der Waals surface area contributed by atoms with Gasteiger partial charge >= 0.3 is 0 Å². The number of fused-ring (bicyclic) bond motifs is 5. The molecule has 2 aliphatic carbocycles. The van der Waals surface area contributed by atoms with Gasteiger partial charge in [0.15, 0.2) is 0 Å². The number of nitrogens with zero attached hydrogens (tertiary/aromatic N) is 1. The molecule has 0 N–H and O–H groups in total. The third-order valence-electron chi connectivity index (χ3n) is 5.62. The van der Waals surface area contributed by atoms with Crippen LogP contribution in [0.25, 0.3) is 11.3 Å². The molecule has 23 heavy (non-hydrogen) atoms. The SMILES string of the molecule is CC1C=CC1(C)c1ccc2cc1-c1cc(c(S(C)(C)C)cn1)C2. The van der Waals surface area contributed by atoms with Crippen LogP contribution in [-0.4, -0.2) is 23.8 Å². The lowest BCUT2D eigenvalue weighted by atomic mass is 9.64. The summed E-state index contributed by atoms with van der Waals surface area (Å²) in [6, 6.07) is 9.37. The van der Waals surface area contributed by atoms with Crippen molar-refractivity contribution in [2.75, 3.05) is 18.8 Å². The average Bonchev–Trinajstić information content (AvgIpc) is 2.60. The van der Waals surface area contributed by atoms with Gasteiger partial charge < -0.3 is 0 Å². The lowest BCUT2D eigenvalue weighted by Gasteiger charge is -2.40. The minimum Gasteiger partial charge on any atom is -0.255 e. The quantitative estimate of drug-likeness (QED) is 0.593. The summed E-state index contributed by atoms with van der Waals surface area (Å²) in [6.45, 7) is 4.66. The van der Waals surface area contributed by atoms with Crippen LogP contribution in [0.5, 0.6) is 0 Å². The maximum Gasteiger partial charge on any atom is 0.0708 e. The van der Waals surface area contributed by atoms with Crippen LogP contribution in [0.3, 0.4) is 0 Å². The highest BCUT2D eigenvalue weighted by Crippen LogP contribution is 2.50. The Balaban J connectivity index is 1.91. The van der Waals surface area contributed by atoms with E-state index in [2.05, 4.69) is 75.2 Å². The minimum atomic E-state index is -0.759. The number of rotatable bonds is 2. The Bertz CT molecular complexity index is 828. The second kappa shape index (κ2) is 4.73. The molecule has 1 aromatic heterocycles. The number of benzene rings is 1.